The van der Waals surface area contributed by atoms with Crippen LogP contribution in [0.2, 0.25) is 5.02 Å². The van der Waals surface area contributed by atoms with E-state index in [4.69, 9.17) is 21.8 Å². The number of carbonyl (C=O) groups excluding carboxylic acids is 1. The number of nitrogens with two attached hydrogens (primary N) is 1. The lowest BCUT2D eigenvalue weighted by Crippen LogP contribution is -2.24. The van der Waals surface area contributed by atoms with Crippen molar-refractivity contribution in [3.05, 3.63) is 46.1 Å². The highest BCUT2D eigenvalue weighted by molar-refractivity contribution is 6.33. The van der Waals surface area contributed by atoms with Gasteiger partial charge in [0.25, 0.3) is 5.91 Å². The summed E-state index contributed by atoms with van der Waals surface area (Å²) in [6.07, 6.45) is 0. The van der Waals surface area contributed by atoms with E-state index in [2.05, 4.69) is 10.3 Å². The number of rotatable bonds is 3. The summed E-state index contributed by atoms with van der Waals surface area (Å²) in [5, 5.41) is 3.05. The van der Waals surface area contributed by atoms with E-state index >= 15 is 0 Å². The van der Waals surface area contributed by atoms with Gasteiger partial charge in [0.1, 0.15) is 5.76 Å². The minimum absolute atomic E-state index is 0.208. The van der Waals surface area contributed by atoms with E-state index < -0.39 is 0 Å². The van der Waals surface area contributed by atoms with E-state index in [-0.39, 0.29) is 18.1 Å². The van der Waals surface area contributed by atoms with Crippen LogP contribution >= 0.6 is 11.6 Å². The van der Waals surface area contributed by atoms with Crippen molar-refractivity contribution in [2.24, 2.45) is 0 Å². The molecule has 0 aliphatic heterocycles. The molecule has 0 radical (unpaired) electrons. The quantitative estimate of drug-likeness (QED) is 0.846. The van der Waals surface area contributed by atoms with Gasteiger partial charge >= 0.3 is 0 Å². The van der Waals surface area contributed by atoms with Gasteiger partial charge in [0.15, 0.2) is 0 Å². The Bertz CT molecular complexity index is 603. The molecule has 1 heterocycles. The van der Waals surface area contributed by atoms with Gasteiger partial charge in [-0.05, 0) is 26.0 Å². The molecule has 0 unspecified atom stereocenters. The molecule has 6 heteroatoms. The molecule has 0 saturated heterocycles. The summed E-state index contributed by atoms with van der Waals surface area (Å²) in [5.74, 6) is 0.893. The van der Waals surface area contributed by atoms with E-state index in [0.29, 0.717) is 16.5 Å². The fourth-order valence-corrected chi connectivity index (χ4v) is 1.78. The number of hydrogen-bond acceptors (Lipinski definition) is 4. The van der Waals surface area contributed by atoms with E-state index in [9.17, 15) is 4.79 Å². The number of halogens is 1. The van der Waals surface area contributed by atoms with Crippen LogP contribution in [0, 0.1) is 13.8 Å². The summed E-state index contributed by atoms with van der Waals surface area (Å²) in [7, 11) is 0. The predicted molar refractivity (Wildman–Crippen MR) is 73.0 cm³/mol. The molecular weight excluding hydrogens is 266 g/mol. The molecule has 2 aromatic rings. The second-order valence-corrected chi connectivity index (χ2v) is 4.54. The molecule has 0 aliphatic carbocycles. The van der Waals surface area contributed by atoms with Crippen molar-refractivity contribution in [3.63, 3.8) is 0 Å². The van der Waals surface area contributed by atoms with Crippen molar-refractivity contribution in [1.29, 1.82) is 0 Å². The third-order valence-electron chi connectivity index (χ3n) is 2.77. The molecule has 0 fully saturated rings. The highest BCUT2D eigenvalue weighted by atomic mass is 35.5. The van der Waals surface area contributed by atoms with Crippen molar-refractivity contribution >= 4 is 23.2 Å². The standard InChI is InChI=1S/C13H14ClN3O2/c1-7-8(2)19-11(17-7)6-16-13(18)9-4-3-5-10(14)12(9)15/h3-5H,6,15H2,1-2H3,(H,16,18). The van der Waals surface area contributed by atoms with Gasteiger partial charge in [0.2, 0.25) is 5.89 Å². The van der Waals surface area contributed by atoms with Crippen molar-refractivity contribution in [3.8, 4) is 0 Å². The fourth-order valence-electron chi connectivity index (χ4n) is 1.60. The van der Waals surface area contributed by atoms with Crippen LogP contribution in [0.4, 0.5) is 5.69 Å². The van der Waals surface area contributed by atoms with Gasteiger partial charge in [-0.3, -0.25) is 4.79 Å². The molecule has 1 aromatic carbocycles. The zero-order valence-corrected chi connectivity index (χ0v) is 11.4. The van der Waals surface area contributed by atoms with Crippen molar-refractivity contribution in [1.82, 2.24) is 10.3 Å². The van der Waals surface area contributed by atoms with Gasteiger partial charge in [-0.25, -0.2) is 4.98 Å². The summed E-state index contributed by atoms with van der Waals surface area (Å²) < 4.78 is 5.37. The van der Waals surface area contributed by atoms with Gasteiger partial charge in [0.05, 0.1) is 28.5 Å². The van der Waals surface area contributed by atoms with Crippen LogP contribution < -0.4 is 11.1 Å². The molecule has 0 atom stereocenters. The number of aryl methyl sites for hydroxylation is 2. The normalized spacial score (nSPS) is 10.5. The number of nitrogens with zero attached hydrogens (tertiary/aromatic N) is 1. The fraction of sp³-hybridized carbons (Fsp3) is 0.231. The molecule has 0 saturated carbocycles. The Balaban J connectivity index is 2.07. The molecule has 3 N–H and O–H groups in total. The highest BCUT2D eigenvalue weighted by Gasteiger charge is 2.13. The Labute approximate surface area is 115 Å². The number of benzene rings is 1. The Kier molecular flexibility index (Phi) is 3.76. The lowest BCUT2D eigenvalue weighted by Gasteiger charge is -2.06. The van der Waals surface area contributed by atoms with Crippen molar-refractivity contribution in [2.45, 2.75) is 20.4 Å². The molecule has 19 heavy (non-hydrogen) atoms. The summed E-state index contributed by atoms with van der Waals surface area (Å²) in [6, 6.07) is 4.92. The first-order valence-corrected chi connectivity index (χ1v) is 6.12. The number of amides is 1. The SMILES string of the molecule is Cc1nc(CNC(=O)c2cccc(Cl)c2N)oc1C. The molecule has 0 aliphatic rings. The van der Waals surface area contributed by atoms with Crippen LogP contribution in [0.1, 0.15) is 27.7 Å². The molecule has 5 nitrogen and oxygen atoms in total. The molecular formula is C13H14ClN3O2. The van der Waals surface area contributed by atoms with Crippen LogP contribution in [-0.4, -0.2) is 10.9 Å². The van der Waals surface area contributed by atoms with Gasteiger partial charge < -0.3 is 15.5 Å². The zero-order valence-electron chi connectivity index (χ0n) is 10.7. The Morgan fingerprint density at radius 2 is 2.21 bits per heavy atom. The molecule has 1 aromatic heterocycles. The molecule has 0 spiro atoms. The summed E-state index contributed by atoms with van der Waals surface area (Å²) in [6.45, 7) is 3.88. The van der Waals surface area contributed by atoms with Gasteiger partial charge in [-0.2, -0.15) is 0 Å². The summed E-state index contributed by atoms with van der Waals surface area (Å²) in [4.78, 5) is 16.1. The second kappa shape index (κ2) is 5.32. The first-order chi connectivity index (χ1) is 8.99. The lowest BCUT2D eigenvalue weighted by molar-refractivity contribution is 0.0948. The lowest BCUT2D eigenvalue weighted by atomic mass is 10.1. The molecule has 2 rings (SSSR count). The first-order valence-electron chi connectivity index (χ1n) is 5.74. The topological polar surface area (TPSA) is 81.2 Å². The number of aromatic nitrogens is 1. The minimum Gasteiger partial charge on any atom is -0.444 e. The maximum Gasteiger partial charge on any atom is 0.253 e. The van der Waals surface area contributed by atoms with E-state index in [1.54, 1.807) is 18.2 Å². The van der Waals surface area contributed by atoms with Crippen molar-refractivity contribution in [2.75, 3.05) is 5.73 Å². The van der Waals surface area contributed by atoms with E-state index in [0.717, 1.165) is 11.5 Å². The van der Waals surface area contributed by atoms with E-state index in [1.165, 1.54) is 0 Å². The maximum atomic E-state index is 12.0. The average Bonchev–Trinajstić information content (AvgIpc) is 2.69. The predicted octanol–water partition coefficient (Wildman–Crippen LogP) is 2.46. The van der Waals surface area contributed by atoms with Crippen LogP contribution in [0.25, 0.3) is 0 Å². The minimum atomic E-state index is -0.312. The Morgan fingerprint density at radius 1 is 1.47 bits per heavy atom. The second-order valence-electron chi connectivity index (χ2n) is 4.13. The molecule has 100 valence electrons. The Hall–Kier alpha value is -2.01. The third-order valence-corrected chi connectivity index (χ3v) is 3.10. The van der Waals surface area contributed by atoms with Gasteiger partial charge in [-0.15, -0.1) is 0 Å². The summed E-state index contributed by atoms with van der Waals surface area (Å²) >= 11 is 5.86. The largest absolute Gasteiger partial charge is 0.444 e. The number of nitrogens with one attached hydrogen (secondary N) is 1. The average molecular weight is 280 g/mol. The maximum absolute atomic E-state index is 12.0. The van der Waals surface area contributed by atoms with Crippen LogP contribution in [-0.2, 0) is 6.54 Å². The van der Waals surface area contributed by atoms with Crippen LogP contribution in [0.15, 0.2) is 22.6 Å². The highest BCUT2D eigenvalue weighted by Crippen LogP contribution is 2.22. The number of anilines is 1. The Morgan fingerprint density at radius 3 is 2.84 bits per heavy atom. The number of carbonyl (C=O) groups is 1. The zero-order chi connectivity index (χ0) is 14.0. The molecule has 1 amide bonds. The number of para-hydroxylation sites is 1. The number of hydrogen-bond donors (Lipinski definition) is 2. The van der Waals surface area contributed by atoms with Crippen LogP contribution in [0.5, 0.6) is 0 Å². The first kappa shape index (κ1) is 13.4. The van der Waals surface area contributed by atoms with E-state index in [1.807, 2.05) is 13.8 Å². The number of nitrogen functional groups attached to an aromatic ring is 1. The van der Waals surface area contributed by atoms with Gasteiger partial charge in [-0.1, -0.05) is 17.7 Å². The van der Waals surface area contributed by atoms with Crippen LogP contribution in [0.3, 0.4) is 0 Å². The van der Waals surface area contributed by atoms with Gasteiger partial charge in [0, 0.05) is 0 Å². The molecule has 0 bridgehead atoms. The summed E-state index contributed by atoms with van der Waals surface area (Å²) in [5.41, 5.74) is 7.17. The van der Waals surface area contributed by atoms with Crippen molar-refractivity contribution < 1.29 is 9.21 Å². The number of oxazole rings is 1. The third kappa shape index (κ3) is 2.88. The monoisotopic (exact) mass is 279 g/mol. The smallest absolute Gasteiger partial charge is 0.253 e.